The van der Waals surface area contributed by atoms with Crippen LogP contribution in [0, 0.1) is 13.8 Å². The lowest BCUT2D eigenvalue weighted by Crippen LogP contribution is -1.69. The minimum atomic E-state index is -0.346. The fourth-order valence-electron chi connectivity index (χ4n) is 0.728. The van der Waals surface area contributed by atoms with Gasteiger partial charge in [0.1, 0.15) is 0 Å². The summed E-state index contributed by atoms with van der Waals surface area (Å²) in [7, 11) is 1.41. The maximum absolute atomic E-state index is 5.16. The van der Waals surface area contributed by atoms with Crippen LogP contribution in [0.4, 0.5) is 0 Å². The molecule has 0 N–H and O–H groups in total. The van der Waals surface area contributed by atoms with Crippen LogP contribution in [0.15, 0.2) is 11.6 Å². The molecular formula is C7H11OP. The van der Waals surface area contributed by atoms with Gasteiger partial charge in [-0.1, -0.05) is 0 Å². The van der Waals surface area contributed by atoms with E-state index in [0.29, 0.717) is 0 Å². The Kier molecular flexibility index (Phi) is 1.94. The summed E-state index contributed by atoms with van der Waals surface area (Å²) in [5.41, 5.74) is 2.73. The lowest BCUT2D eigenvalue weighted by Gasteiger charge is -1.86. The lowest BCUT2D eigenvalue weighted by atomic mass is 10.2. The standard InChI is InChI=1S/C7H11OP/c1-6-4-9(8-3)5-7(6)2/h4-5H,1-3H3. The quantitative estimate of drug-likeness (QED) is 0.584. The summed E-state index contributed by atoms with van der Waals surface area (Å²) < 4.78 is 5.16. The van der Waals surface area contributed by atoms with Gasteiger partial charge in [-0.05, 0) is 36.6 Å². The van der Waals surface area contributed by atoms with Gasteiger partial charge in [-0.3, -0.25) is 0 Å². The van der Waals surface area contributed by atoms with E-state index in [9.17, 15) is 0 Å². The van der Waals surface area contributed by atoms with Crippen molar-refractivity contribution in [1.29, 1.82) is 0 Å². The number of hydrogen-bond donors (Lipinski definition) is 0. The second kappa shape index (κ2) is 2.55. The Morgan fingerprint density at radius 2 is 1.67 bits per heavy atom. The third-order valence-electron chi connectivity index (χ3n) is 1.47. The molecule has 0 fully saturated rings. The van der Waals surface area contributed by atoms with E-state index in [1.54, 1.807) is 7.11 Å². The van der Waals surface area contributed by atoms with Gasteiger partial charge in [0.05, 0.1) is 0 Å². The fraction of sp³-hybridized carbons (Fsp3) is 0.429. The second-order valence-electron chi connectivity index (χ2n) is 2.17. The van der Waals surface area contributed by atoms with Crippen LogP contribution in [0.1, 0.15) is 11.1 Å². The summed E-state index contributed by atoms with van der Waals surface area (Å²) in [5.74, 6) is 4.37. The van der Waals surface area contributed by atoms with Crippen LogP contribution in [0.25, 0.3) is 0 Å². The summed E-state index contributed by atoms with van der Waals surface area (Å²) in [6.07, 6.45) is 0. The Balaban J connectivity index is 2.98. The molecule has 0 unspecified atom stereocenters. The van der Waals surface area contributed by atoms with Crippen LogP contribution in [-0.4, -0.2) is 7.11 Å². The third kappa shape index (κ3) is 1.35. The summed E-state index contributed by atoms with van der Waals surface area (Å²) in [6.45, 7) is 4.24. The molecule has 2 heteroatoms. The minimum absolute atomic E-state index is 0.346. The van der Waals surface area contributed by atoms with Crippen molar-refractivity contribution < 1.29 is 4.52 Å². The summed E-state index contributed by atoms with van der Waals surface area (Å²) in [4.78, 5) is 0. The third-order valence-corrected chi connectivity index (χ3v) is 3.18. The van der Waals surface area contributed by atoms with Crippen LogP contribution in [-0.2, 0) is 0 Å². The molecule has 0 atom stereocenters. The average molecular weight is 142 g/mol. The molecule has 0 saturated heterocycles. The van der Waals surface area contributed by atoms with E-state index in [1.165, 1.54) is 11.1 Å². The lowest BCUT2D eigenvalue weighted by molar-refractivity contribution is 0.556. The summed E-state index contributed by atoms with van der Waals surface area (Å²) >= 11 is 0. The molecule has 0 spiro atoms. The molecule has 1 rings (SSSR count). The monoisotopic (exact) mass is 142 g/mol. The number of hydrogen-bond acceptors (Lipinski definition) is 1. The molecule has 1 nitrogen and oxygen atoms in total. The summed E-state index contributed by atoms with van der Waals surface area (Å²) in [5, 5.41) is 0. The van der Waals surface area contributed by atoms with E-state index in [1.807, 2.05) is 0 Å². The highest BCUT2D eigenvalue weighted by molar-refractivity contribution is 7.43. The SMILES string of the molecule is COp1cc(C)c(C)c1. The van der Waals surface area contributed by atoms with E-state index in [4.69, 9.17) is 4.52 Å². The van der Waals surface area contributed by atoms with Crippen molar-refractivity contribution in [2.75, 3.05) is 7.11 Å². The first kappa shape index (κ1) is 6.85. The van der Waals surface area contributed by atoms with Gasteiger partial charge < -0.3 is 4.52 Å². The molecule has 1 aromatic rings. The van der Waals surface area contributed by atoms with Crippen molar-refractivity contribution in [1.82, 2.24) is 0 Å². The van der Waals surface area contributed by atoms with Crippen LogP contribution in [0.5, 0.6) is 0 Å². The van der Waals surface area contributed by atoms with E-state index in [0.717, 1.165) is 0 Å². The topological polar surface area (TPSA) is 9.23 Å². The molecule has 1 heterocycles. The molecular weight excluding hydrogens is 131 g/mol. The maximum atomic E-state index is 5.16. The maximum Gasteiger partial charge on any atom is 0.0459 e. The smallest absolute Gasteiger partial charge is 0.0459 e. The largest absolute Gasteiger partial charge is 0.336 e. The normalized spacial score (nSPS) is 10.1. The predicted molar refractivity (Wildman–Crippen MR) is 41.1 cm³/mol. The van der Waals surface area contributed by atoms with Gasteiger partial charge in [-0.15, -0.1) is 0 Å². The van der Waals surface area contributed by atoms with Crippen molar-refractivity contribution >= 4 is 7.76 Å². The van der Waals surface area contributed by atoms with Crippen molar-refractivity contribution in [3.05, 3.63) is 22.7 Å². The first-order chi connectivity index (χ1) is 4.24. The molecule has 0 bridgehead atoms. The Hall–Kier alpha value is -0.260. The number of aryl methyl sites for hydroxylation is 2. The Morgan fingerprint density at radius 1 is 1.22 bits per heavy atom. The van der Waals surface area contributed by atoms with E-state index < -0.39 is 0 Å². The van der Waals surface area contributed by atoms with Crippen molar-refractivity contribution in [2.24, 2.45) is 0 Å². The zero-order valence-electron chi connectivity index (χ0n) is 6.01. The van der Waals surface area contributed by atoms with Crippen molar-refractivity contribution in [2.45, 2.75) is 13.8 Å². The van der Waals surface area contributed by atoms with Crippen LogP contribution < -0.4 is 4.52 Å². The molecule has 0 aromatic carbocycles. The highest BCUT2D eigenvalue weighted by Gasteiger charge is 1.95. The van der Waals surface area contributed by atoms with Crippen LogP contribution in [0.2, 0.25) is 0 Å². The minimum Gasteiger partial charge on any atom is -0.336 e. The van der Waals surface area contributed by atoms with Crippen LogP contribution >= 0.6 is 7.76 Å². The Labute approximate surface area is 56.8 Å². The molecule has 0 saturated carbocycles. The first-order valence-electron chi connectivity index (χ1n) is 2.93. The average Bonchev–Trinajstić information content (AvgIpc) is 2.13. The molecule has 0 aliphatic carbocycles. The van der Waals surface area contributed by atoms with Gasteiger partial charge >= 0.3 is 0 Å². The van der Waals surface area contributed by atoms with E-state index in [-0.39, 0.29) is 7.76 Å². The predicted octanol–water partition coefficient (Wildman–Crippen LogP) is 2.35. The molecule has 0 amide bonds. The van der Waals surface area contributed by atoms with Crippen molar-refractivity contribution in [3.8, 4) is 0 Å². The molecule has 0 aliphatic heterocycles. The van der Waals surface area contributed by atoms with E-state index in [2.05, 4.69) is 25.4 Å². The fourth-order valence-corrected chi connectivity index (χ4v) is 2.18. The van der Waals surface area contributed by atoms with E-state index >= 15 is 0 Å². The first-order valence-corrected chi connectivity index (χ1v) is 4.33. The summed E-state index contributed by atoms with van der Waals surface area (Å²) in [6, 6.07) is 0. The van der Waals surface area contributed by atoms with Gasteiger partial charge in [0.25, 0.3) is 0 Å². The Morgan fingerprint density at radius 3 is 1.89 bits per heavy atom. The highest BCUT2D eigenvalue weighted by atomic mass is 31.1. The zero-order chi connectivity index (χ0) is 6.85. The van der Waals surface area contributed by atoms with Crippen LogP contribution in [0.3, 0.4) is 0 Å². The molecule has 0 radical (unpaired) electrons. The molecule has 1 aromatic heterocycles. The van der Waals surface area contributed by atoms with Gasteiger partial charge in [0.2, 0.25) is 0 Å². The molecule has 9 heavy (non-hydrogen) atoms. The number of rotatable bonds is 1. The zero-order valence-corrected chi connectivity index (χ0v) is 6.90. The van der Waals surface area contributed by atoms with Crippen molar-refractivity contribution in [3.63, 3.8) is 0 Å². The molecule has 0 aliphatic rings. The molecule has 50 valence electrons. The Bertz CT molecular complexity index is 183. The van der Waals surface area contributed by atoms with Gasteiger partial charge in [-0.2, -0.15) is 0 Å². The second-order valence-corrected chi connectivity index (χ2v) is 3.77. The highest BCUT2D eigenvalue weighted by Crippen LogP contribution is 2.28. The van der Waals surface area contributed by atoms with Gasteiger partial charge in [0, 0.05) is 14.9 Å². The van der Waals surface area contributed by atoms with Gasteiger partial charge in [-0.25, -0.2) is 0 Å². The van der Waals surface area contributed by atoms with Gasteiger partial charge in [0.15, 0.2) is 0 Å².